The zero-order valence-corrected chi connectivity index (χ0v) is 17.3. The molecule has 1 unspecified atom stereocenters. The number of carbonyl (C=O) groups excluding carboxylic acids is 2. The second kappa shape index (κ2) is 9.59. The maximum absolute atomic E-state index is 12.4. The van der Waals surface area contributed by atoms with E-state index in [4.69, 9.17) is 9.47 Å². The summed E-state index contributed by atoms with van der Waals surface area (Å²) in [6.07, 6.45) is 0.215. The molecule has 0 spiro atoms. The molecule has 1 heterocycles. The first-order valence-corrected chi connectivity index (χ1v) is 10.1. The van der Waals surface area contributed by atoms with Gasteiger partial charge in [0.1, 0.15) is 18.1 Å². The molecule has 0 aromatic heterocycles. The fourth-order valence-electron chi connectivity index (χ4n) is 3.07. The summed E-state index contributed by atoms with van der Waals surface area (Å²) in [4.78, 5) is 26.4. The zero-order chi connectivity index (χ0) is 19.9. The molecule has 6 nitrogen and oxygen atoms in total. The van der Waals surface area contributed by atoms with Crippen molar-refractivity contribution in [3.63, 3.8) is 0 Å². The van der Waals surface area contributed by atoms with Crippen LogP contribution in [-0.4, -0.2) is 38.1 Å². The predicted octanol–water partition coefficient (Wildman–Crippen LogP) is 3.40. The first kappa shape index (κ1) is 20.2. The van der Waals surface area contributed by atoms with E-state index in [1.54, 1.807) is 4.90 Å². The Morgan fingerprint density at radius 3 is 2.50 bits per heavy atom. The van der Waals surface area contributed by atoms with E-state index in [1.165, 1.54) is 0 Å². The third-order valence-electron chi connectivity index (χ3n) is 4.44. The van der Waals surface area contributed by atoms with E-state index in [0.717, 1.165) is 15.9 Å². The minimum Gasteiger partial charge on any atom is -0.494 e. The smallest absolute Gasteiger partial charge is 0.227 e. The lowest BCUT2D eigenvalue weighted by atomic mass is 10.1. The number of carbonyl (C=O) groups is 2. The van der Waals surface area contributed by atoms with Gasteiger partial charge in [-0.1, -0.05) is 12.1 Å². The number of rotatable bonds is 8. The van der Waals surface area contributed by atoms with Crippen LogP contribution in [0.15, 0.2) is 53.0 Å². The highest BCUT2D eigenvalue weighted by Gasteiger charge is 2.35. The fourth-order valence-corrected chi connectivity index (χ4v) is 3.57. The molecule has 148 valence electrons. The molecule has 1 saturated heterocycles. The van der Waals surface area contributed by atoms with Gasteiger partial charge in [0.15, 0.2) is 0 Å². The lowest BCUT2D eigenvalue weighted by Crippen LogP contribution is -2.35. The average Bonchev–Trinajstić information content (AvgIpc) is 3.08. The first-order valence-electron chi connectivity index (χ1n) is 9.26. The largest absolute Gasteiger partial charge is 0.494 e. The van der Waals surface area contributed by atoms with Crippen LogP contribution in [0.4, 0.5) is 5.69 Å². The maximum Gasteiger partial charge on any atom is 0.227 e. The van der Waals surface area contributed by atoms with Crippen molar-refractivity contribution in [3.8, 4) is 11.5 Å². The molecule has 0 bridgehead atoms. The van der Waals surface area contributed by atoms with Crippen LogP contribution < -0.4 is 19.7 Å². The number of ether oxygens (including phenoxy) is 2. The van der Waals surface area contributed by atoms with Crippen molar-refractivity contribution in [1.29, 1.82) is 0 Å². The van der Waals surface area contributed by atoms with Gasteiger partial charge in [0, 0.05) is 17.4 Å². The van der Waals surface area contributed by atoms with E-state index >= 15 is 0 Å². The molecule has 7 heteroatoms. The number of para-hydroxylation sites is 1. The summed E-state index contributed by atoms with van der Waals surface area (Å²) in [6, 6.07) is 14.9. The van der Waals surface area contributed by atoms with Gasteiger partial charge in [0.2, 0.25) is 11.8 Å². The number of anilines is 1. The Labute approximate surface area is 172 Å². The number of hydrogen-bond acceptors (Lipinski definition) is 4. The van der Waals surface area contributed by atoms with Crippen molar-refractivity contribution in [1.82, 2.24) is 5.32 Å². The van der Waals surface area contributed by atoms with E-state index in [1.807, 2.05) is 55.5 Å². The summed E-state index contributed by atoms with van der Waals surface area (Å²) in [5.74, 6) is 0.985. The van der Waals surface area contributed by atoms with Gasteiger partial charge in [-0.05, 0) is 59.3 Å². The lowest BCUT2D eigenvalue weighted by molar-refractivity contribution is -0.126. The van der Waals surface area contributed by atoms with E-state index in [9.17, 15) is 9.59 Å². The summed E-state index contributed by atoms with van der Waals surface area (Å²) in [6.45, 7) is 3.67. The Morgan fingerprint density at radius 2 is 1.82 bits per heavy atom. The standard InChI is InChI=1S/C21H23BrN2O4/c1-2-27-16-7-9-17(10-8-16)28-12-11-23-21(26)15-13-20(25)24(14-15)19-6-4-3-5-18(19)22/h3-10,15H,2,11-14H2,1H3,(H,23,26). The molecule has 3 rings (SSSR count). The van der Waals surface area contributed by atoms with Crippen molar-refractivity contribution < 1.29 is 19.1 Å². The molecule has 0 radical (unpaired) electrons. The van der Waals surface area contributed by atoms with E-state index in [2.05, 4.69) is 21.2 Å². The van der Waals surface area contributed by atoms with Crippen LogP contribution in [0.3, 0.4) is 0 Å². The van der Waals surface area contributed by atoms with Gasteiger partial charge in [-0.3, -0.25) is 9.59 Å². The van der Waals surface area contributed by atoms with E-state index < -0.39 is 0 Å². The highest BCUT2D eigenvalue weighted by atomic mass is 79.9. The van der Waals surface area contributed by atoms with Crippen LogP contribution in [0.1, 0.15) is 13.3 Å². The quantitative estimate of drug-likeness (QED) is 0.630. The summed E-state index contributed by atoms with van der Waals surface area (Å²) >= 11 is 3.46. The third kappa shape index (κ3) is 5.04. The van der Waals surface area contributed by atoms with Crippen molar-refractivity contribution in [3.05, 3.63) is 53.0 Å². The molecule has 1 atom stereocenters. The van der Waals surface area contributed by atoms with Crippen molar-refractivity contribution in [2.75, 3.05) is 31.2 Å². The summed E-state index contributed by atoms with van der Waals surface area (Å²) < 4.78 is 11.9. The molecule has 2 aromatic carbocycles. The number of nitrogens with zero attached hydrogens (tertiary/aromatic N) is 1. The van der Waals surface area contributed by atoms with Crippen molar-refractivity contribution in [2.45, 2.75) is 13.3 Å². The highest BCUT2D eigenvalue weighted by molar-refractivity contribution is 9.10. The normalized spacial score (nSPS) is 16.1. The molecule has 2 aromatic rings. The molecule has 0 aliphatic carbocycles. The van der Waals surface area contributed by atoms with Gasteiger partial charge in [-0.15, -0.1) is 0 Å². The van der Waals surface area contributed by atoms with Gasteiger partial charge in [0.05, 0.1) is 24.8 Å². The van der Waals surface area contributed by atoms with Crippen LogP contribution in [0.25, 0.3) is 0 Å². The summed E-state index contributed by atoms with van der Waals surface area (Å²) in [5.41, 5.74) is 0.793. The van der Waals surface area contributed by atoms with Crippen LogP contribution in [-0.2, 0) is 9.59 Å². The van der Waals surface area contributed by atoms with Gasteiger partial charge < -0.3 is 19.7 Å². The van der Waals surface area contributed by atoms with Gasteiger partial charge in [-0.2, -0.15) is 0 Å². The Balaban J connectivity index is 1.44. The highest BCUT2D eigenvalue weighted by Crippen LogP contribution is 2.31. The fraction of sp³-hybridized carbons (Fsp3) is 0.333. The van der Waals surface area contributed by atoms with Crippen LogP contribution in [0.5, 0.6) is 11.5 Å². The predicted molar refractivity (Wildman–Crippen MR) is 111 cm³/mol. The number of hydrogen-bond donors (Lipinski definition) is 1. The Hall–Kier alpha value is -2.54. The van der Waals surface area contributed by atoms with E-state index in [-0.39, 0.29) is 24.2 Å². The average molecular weight is 447 g/mol. The number of amides is 2. The van der Waals surface area contributed by atoms with Crippen LogP contribution in [0.2, 0.25) is 0 Å². The Bertz CT molecular complexity index is 825. The zero-order valence-electron chi connectivity index (χ0n) is 15.7. The second-order valence-electron chi connectivity index (χ2n) is 6.40. The second-order valence-corrected chi connectivity index (χ2v) is 7.26. The topological polar surface area (TPSA) is 67.9 Å². The first-order chi connectivity index (χ1) is 13.6. The molecule has 28 heavy (non-hydrogen) atoms. The number of halogens is 1. The molecular weight excluding hydrogens is 424 g/mol. The lowest BCUT2D eigenvalue weighted by Gasteiger charge is -2.18. The van der Waals surface area contributed by atoms with Crippen LogP contribution in [0, 0.1) is 5.92 Å². The molecule has 2 amide bonds. The van der Waals surface area contributed by atoms with Gasteiger partial charge in [-0.25, -0.2) is 0 Å². The minimum absolute atomic E-state index is 0.0438. The molecule has 0 saturated carbocycles. The molecule has 1 N–H and O–H groups in total. The van der Waals surface area contributed by atoms with E-state index in [0.29, 0.717) is 32.1 Å². The molecular formula is C21H23BrN2O4. The monoisotopic (exact) mass is 446 g/mol. The van der Waals surface area contributed by atoms with Crippen LogP contribution >= 0.6 is 15.9 Å². The number of benzene rings is 2. The van der Waals surface area contributed by atoms with Crippen molar-refractivity contribution in [2.24, 2.45) is 5.92 Å². The Morgan fingerprint density at radius 1 is 1.14 bits per heavy atom. The SMILES string of the molecule is CCOc1ccc(OCCNC(=O)C2CC(=O)N(c3ccccc3Br)C2)cc1. The summed E-state index contributed by atoms with van der Waals surface area (Å²) in [5, 5.41) is 2.85. The number of nitrogens with one attached hydrogen (secondary N) is 1. The van der Waals surface area contributed by atoms with Gasteiger partial charge >= 0.3 is 0 Å². The molecule has 1 aliphatic heterocycles. The van der Waals surface area contributed by atoms with Crippen molar-refractivity contribution >= 4 is 33.4 Å². The van der Waals surface area contributed by atoms with Gasteiger partial charge in [0.25, 0.3) is 0 Å². The Kier molecular flexibility index (Phi) is 6.92. The maximum atomic E-state index is 12.4. The third-order valence-corrected chi connectivity index (χ3v) is 5.11. The minimum atomic E-state index is -0.356. The molecule has 1 fully saturated rings. The summed E-state index contributed by atoms with van der Waals surface area (Å²) in [7, 11) is 0. The molecule has 1 aliphatic rings.